The molecule has 0 bridgehead atoms. The van der Waals surface area contributed by atoms with E-state index in [1.807, 2.05) is 26.0 Å². The molecule has 32 heavy (non-hydrogen) atoms. The van der Waals surface area contributed by atoms with Gasteiger partial charge in [0.05, 0.1) is 0 Å². The van der Waals surface area contributed by atoms with E-state index in [4.69, 9.17) is 4.52 Å². The number of nitrogens with one attached hydrogen (secondary N) is 1. The summed E-state index contributed by atoms with van der Waals surface area (Å²) in [6.07, 6.45) is 0. The lowest BCUT2D eigenvalue weighted by atomic mass is 10.1. The third kappa shape index (κ3) is 4.77. The second-order valence-electron chi connectivity index (χ2n) is 7.91. The monoisotopic (exact) mass is 437 g/mol. The molecule has 1 fully saturated rings. The third-order valence-electron chi connectivity index (χ3n) is 5.27. The number of anilines is 1. The van der Waals surface area contributed by atoms with Crippen LogP contribution >= 0.6 is 0 Å². The predicted octanol–water partition coefficient (Wildman–Crippen LogP) is 3.99. The van der Waals surface area contributed by atoms with E-state index in [2.05, 4.69) is 15.5 Å². The van der Waals surface area contributed by atoms with Crippen molar-refractivity contribution >= 4 is 17.6 Å². The summed E-state index contributed by atoms with van der Waals surface area (Å²) in [5.41, 5.74) is 1.72. The van der Waals surface area contributed by atoms with Crippen molar-refractivity contribution in [3.05, 3.63) is 65.7 Å². The molecule has 3 aromatic rings. The fourth-order valence-corrected chi connectivity index (χ4v) is 3.40. The van der Waals surface area contributed by atoms with E-state index in [0.29, 0.717) is 49.1 Å². The van der Waals surface area contributed by atoms with Crippen molar-refractivity contribution in [2.45, 2.75) is 19.8 Å². The maximum atomic E-state index is 13.4. The fraction of sp³-hybridized carbons (Fsp3) is 0.304. The zero-order valence-corrected chi connectivity index (χ0v) is 17.9. The van der Waals surface area contributed by atoms with E-state index in [9.17, 15) is 14.0 Å². The molecule has 0 unspecified atom stereocenters. The van der Waals surface area contributed by atoms with Gasteiger partial charge in [-0.1, -0.05) is 25.1 Å². The molecule has 1 aromatic heterocycles. The molecule has 0 aliphatic carbocycles. The molecule has 1 saturated heterocycles. The number of rotatable bonds is 4. The van der Waals surface area contributed by atoms with Crippen LogP contribution in [0.2, 0.25) is 0 Å². The smallest absolute Gasteiger partial charge is 0.321 e. The first kappa shape index (κ1) is 21.5. The van der Waals surface area contributed by atoms with Crippen molar-refractivity contribution in [3.63, 3.8) is 0 Å². The van der Waals surface area contributed by atoms with Gasteiger partial charge >= 0.3 is 6.03 Å². The standard InChI is InChI=1S/C23H24FN5O3/c1-15(2)20-26-21(32-27-20)16-6-8-19(9-7-16)25-23(31)29-12-10-28(11-13-29)22(30)17-4-3-5-18(24)14-17/h3-9,14-15H,10-13H2,1-2H3,(H,25,31). The van der Waals surface area contributed by atoms with Gasteiger partial charge in [-0.3, -0.25) is 4.79 Å². The lowest BCUT2D eigenvalue weighted by Crippen LogP contribution is -2.51. The van der Waals surface area contributed by atoms with Crippen LogP contribution in [0, 0.1) is 5.82 Å². The Kier molecular flexibility index (Phi) is 6.16. The number of amides is 3. The van der Waals surface area contributed by atoms with E-state index in [1.165, 1.54) is 18.2 Å². The topological polar surface area (TPSA) is 91.6 Å². The van der Waals surface area contributed by atoms with Gasteiger partial charge in [-0.05, 0) is 42.5 Å². The van der Waals surface area contributed by atoms with Gasteiger partial charge in [-0.15, -0.1) is 0 Å². The first-order valence-electron chi connectivity index (χ1n) is 10.5. The molecule has 1 aliphatic heterocycles. The number of urea groups is 1. The molecule has 0 atom stereocenters. The lowest BCUT2D eigenvalue weighted by molar-refractivity contribution is 0.0671. The Bertz CT molecular complexity index is 1100. The molecule has 1 aliphatic rings. The number of hydrogen-bond acceptors (Lipinski definition) is 5. The molecule has 0 spiro atoms. The number of halogens is 1. The number of carbonyl (C=O) groups is 2. The largest absolute Gasteiger partial charge is 0.335 e. The molecule has 4 rings (SSSR count). The minimum absolute atomic E-state index is 0.177. The van der Waals surface area contributed by atoms with Gasteiger partial charge in [0, 0.05) is 48.9 Å². The first-order valence-corrected chi connectivity index (χ1v) is 10.5. The minimum atomic E-state index is -0.445. The molecule has 0 saturated carbocycles. The normalized spacial score (nSPS) is 14.0. The maximum absolute atomic E-state index is 13.4. The summed E-state index contributed by atoms with van der Waals surface area (Å²) in [5, 5.41) is 6.82. The quantitative estimate of drug-likeness (QED) is 0.666. The van der Waals surface area contributed by atoms with Crippen LogP contribution in [0.3, 0.4) is 0 Å². The highest BCUT2D eigenvalue weighted by Crippen LogP contribution is 2.22. The van der Waals surface area contributed by atoms with Crippen molar-refractivity contribution in [3.8, 4) is 11.5 Å². The Balaban J connectivity index is 1.31. The average molecular weight is 437 g/mol. The fourth-order valence-electron chi connectivity index (χ4n) is 3.40. The van der Waals surface area contributed by atoms with Crippen LogP contribution < -0.4 is 5.32 Å². The van der Waals surface area contributed by atoms with Gasteiger partial charge in [0.2, 0.25) is 0 Å². The summed E-state index contributed by atoms with van der Waals surface area (Å²) >= 11 is 0. The molecular weight excluding hydrogens is 413 g/mol. The highest BCUT2D eigenvalue weighted by Gasteiger charge is 2.25. The predicted molar refractivity (Wildman–Crippen MR) is 117 cm³/mol. The zero-order valence-electron chi connectivity index (χ0n) is 17.9. The average Bonchev–Trinajstić information content (AvgIpc) is 3.30. The van der Waals surface area contributed by atoms with Crippen LogP contribution in [0.5, 0.6) is 0 Å². The summed E-state index contributed by atoms with van der Waals surface area (Å²) in [6.45, 7) is 5.54. The van der Waals surface area contributed by atoms with Gasteiger partial charge in [0.1, 0.15) is 5.82 Å². The Morgan fingerprint density at radius 2 is 1.72 bits per heavy atom. The van der Waals surface area contributed by atoms with Crippen LogP contribution in [-0.2, 0) is 0 Å². The number of benzene rings is 2. The number of piperazine rings is 1. The summed E-state index contributed by atoms with van der Waals surface area (Å²) in [6, 6.07) is 12.6. The molecule has 9 heteroatoms. The van der Waals surface area contributed by atoms with Gasteiger partial charge in [-0.25, -0.2) is 9.18 Å². The molecule has 3 amide bonds. The van der Waals surface area contributed by atoms with Gasteiger partial charge < -0.3 is 19.6 Å². The molecule has 2 aromatic carbocycles. The first-order chi connectivity index (χ1) is 15.4. The summed E-state index contributed by atoms with van der Waals surface area (Å²) in [4.78, 5) is 32.8. The highest BCUT2D eigenvalue weighted by molar-refractivity contribution is 5.94. The second-order valence-corrected chi connectivity index (χ2v) is 7.91. The SMILES string of the molecule is CC(C)c1noc(-c2ccc(NC(=O)N3CCN(C(=O)c4cccc(F)c4)CC3)cc2)n1. The van der Waals surface area contributed by atoms with Crippen LogP contribution in [0.1, 0.15) is 35.9 Å². The van der Waals surface area contributed by atoms with E-state index < -0.39 is 5.82 Å². The van der Waals surface area contributed by atoms with Crippen molar-refractivity contribution in [2.75, 3.05) is 31.5 Å². The van der Waals surface area contributed by atoms with Crippen molar-refractivity contribution < 1.29 is 18.5 Å². The highest BCUT2D eigenvalue weighted by atomic mass is 19.1. The van der Waals surface area contributed by atoms with Crippen molar-refractivity contribution in [2.24, 2.45) is 0 Å². The molecular formula is C23H24FN5O3. The summed E-state index contributed by atoms with van der Waals surface area (Å²) < 4.78 is 18.7. The number of carbonyl (C=O) groups excluding carboxylic acids is 2. The zero-order chi connectivity index (χ0) is 22.7. The van der Waals surface area contributed by atoms with Crippen LogP contribution in [0.15, 0.2) is 53.1 Å². The second kappa shape index (κ2) is 9.17. The van der Waals surface area contributed by atoms with Crippen molar-refractivity contribution in [1.82, 2.24) is 19.9 Å². The number of aromatic nitrogens is 2. The molecule has 0 radical (unpaired) electrons. The van der Waals surface area contributed by atoms with Crippen LogP contribution in [0.4, 0.5) is 14.9 Å². The summed E-state index contributed by atoms with van der Waals surface area (Å²) in [7, 11) is 0. The number of hydrogen-bond donors (Lipinski definition) is 1. The van der Waals surface area contributed by atoms with Gasteiger partial charge in [0.25, 0.3) is 11.8 Å². The summed E-state index contributed by atoms with van der Waals surface area (Å²) in [5.74, 6) is 0.579. The molecule has 8 nitrogen and oxygen atoms in total. The van der Waals surface area contributed by atoms with E-state index >= 15 is 0 Å². The molecule has 166 valence electrons. The van der Waals surface area contributed by atoms with Crippen molar-refractivity contribution in [1.29, 1.82) is 0 Å². The third-order valence-corrected chi connectivity index (χ3v) is 5.27. The van der Waals surface area contributed by atoms with Gasteiger partial charge in [0.15, 0.2) is 5.82 Å². The Morgan fingerprint density at radius 3 is 2.34 bits per heavy atom. The lowest BCUT2D eigenvalue weighted by Gasteiger charge is -2.34. The maximum Gasteiger partial charge on any atom is 0.321 e. The van der Waals surface area contributed by atoms with Gasteiger partial charge in [-0.2, -0.15) is 4.98 Å². The number of nitrogens with zero attached hydrogens (tertiary/aromatic N) is 4. The molecule has 2 heterocycles. The van der Waals surface area contributed by atoms with E-state index in [0.717, 1.165) is 5.56 Å². The Morgan fingerprint density at radius 1 is 1.03 bits per heavy atom. The van der Waals surface area contributed by atoms with Crippen LogP contribution in [0.25, 0.3) is 11.5 Å². The van der Waals surface area contributed by atoms with E-state index in [1.54, 1.807) is 28.0 Å². The Hall–Kier alpha value is -3.75. The van der Waals surface area contributed by atoms with Crippen LogP contribution in [-0.4, -0.2) is 58.1 Å². The Labute approximate surface area is 185 Å². The minimum Gasteiger partial charge on any atom is -0.335 e. The van der Waals surface area contributed by atoms with E-state index in [-0.39, 0.29) is 17.9 Å². The molecule has 1 N–H and O–H groups in total.